The van der Waals surface area contributed by atoms with E-state index in [9.17, 15) is 0 Å². The largest absolute Gasteiger partial charge is 0.325 e. The van der Waals surface area contributed by atoms with Gasteiger partial charge in [-0.25, -0.2) is 0 Å². The number of hydrogen-bond donors (Lipinski definition) is 1. The van der Waals surface area contributed by atoms with Crippen LogP contribution in [0, 0.1) is 0 Å². The molecule has 2 bridgehead atoms. The lowest BCUT2D eigenvalue weighted by molar-refractivity contribution is 0.404. The fourth-order valence-electron chi connectivity index (χ4n) is 2.20. The van der Waals surface area contributed by atoms with Gasteiger partial charge in [0.1, 0.15) is 0 Å². The van der Waals surface area contributed by atoms with E-state index in [4.69, 9.17) is 5.73 Å². The Labute approximate surface area is 66.7 Å². The Morgan fingerprint density at radius 3 is 2.30 bits per heavy atom. The lowest BCUT2D eigenvalue weighted by atomic mass is 9.93. The van der Waals surface area contributed by atoms with Gasteiger partial charge in [0.05, 0.1) is 0 Å². The first kappa shape index (κ1) is 6.99. The molecule has 2 heteroatoms. The maximum atomic E-state index is 6.09. The monoisotopic (exact) mass is 157 g/mol. The molecule has 0 saturated carbocycles. The van der Waals surface area contributed by atoms with Crippen LogP contribution in [0.25, 0.3) is 0 Å². The van der Waals surface area contributed by atoms with E-state index in [0.29, 0.717) is 0 Å². The minimum atomic E-state index is 0.164. The molecule has 2 fully saturated rings. The zero-order chi connectivity index (χ0) is 7.19. The Kier molecular flexibility index (Phi) is 1.50. The second kappa shape index (κ2) is 2.15. The van der Waals surface area contributed by atoms with Crippen molar-refractivity contribution in [2.75, 3.05) is 0 Å². The number of nitrogens with two attached hydrogens (primary N) is 1. The van der Waals surface area contributed by atoms with E-state index in [1.54, 1.807) is 0 Å². The van der Waals surface area contributed by atoms with Crippen molar-refractivity contribution in [3.63, 3.8) is 0 Å². The Balaban J connectivity index is 2.09. The standard InChI is InChI=1S/C8H15NS/c1-8(9)4-6-2-3-7(5-8)10-6/h6-7H,2-5,9H2,1H3. The topological polar surface area (TPSA) is 26.0 Å². The molecule has 0 aromatic carbocycles. The molecule has 2 aliphatic rings. The summed E-state index contributed by atoms with van der Waals surface area (Å²) in [5.74, 6) is 0. The lowest BCUT2D eigenvalue weighted by Crippen LogP contribution is -2.42. The average molecular weight is 157 g/mol. The predicted molar refractivity (Wildman–Crippen MR) is 46.2 cm³/mol. The third-order valence-corrected chi connectivity index (χ3v) is 4.16. The molecule has 2 saturated heterocycles. The van der Waals surface area contributed by atoms with Gasteiger partial charge in [-0.3, -0.25) is 0 Å². The summed E-state index contributed by atoms with van der Waals surface area (Å²) >= 11 is 2.17. The maximum absolute atomic E-state index is 6.09. The molecule has 2 aliphatic heterocycles. The van der Waals surface area contributed by atoms with E-state index in [0.717, 1.165) is 10.5 Å². The van der Waals surface area contributed by atoms with Crippen molar-refractivity contribution in [3.8, 4) is 0 Å². The molecule has 2 heterocycles. The van der Waals surface area contributed by atoms with E-state index >= 15 is 0 Å². The number of rotatable bonds is 0. The molecular formula is C8H15NS. The van der Waals surface area contributed by atoms with E-state index < -0.39 is 0 Å². The molecule has 0 amide bonds. The highest BCUT2D eigenvalue weighted by Crippen LogP contribution is 2.46. The fraction of sp³-hybridized carbons (Fsp3) is 1.00. The van der Waals surface area contributed by atoms with Crippen LogP contribution in [0.15, 0.2) is 0 Å². The van der Waals surface area contributed by atoms with Gasteiger partial charge in [0.2, 0.25) is 0 Å². The molecule has 10 heavy (non-hydrogen) atoms. The summed E-state index contributed by atoms with van der Waals surface area (Å²) in [5.41, 5.74) is 6.25. The highest BCUT2D eigenvalue weighted by Gasteiger charge is 2.38. The first-order valence-corrected chi connectivity index (χ1v) is 5.04. The minimum absolute atomic E-state index is 0.164. The van der Waals surface area contributed by atoms with Crippen LogP contribution in [-0.4, -0.2) is 16.0 Å². The van der Waals surface area contributed by atoms with Crippen molar-refractivity contribution in [1.82, 2.24) is 0 Å². The zero-order valence-electron chi connectivity index (χ0n) is 6.47. The van der Waals surface area contributed by atoms with Crippen LogP contribution in [0.2, 0.25) is 0 Å². The Morgan fingerprint density at radius 1 is 1.30 bits per heavy atom. The van der Waals surface area contributed by atoms with Crippen LogP contribution in [-0.2, 0) is 0 Å². The quantitative estimate of drug-likeness (QED) is 0.580. The molecule has 0 aromatic rings. The third kappa shape index (κ3) is 1.19. The molecule has 0 spiro atoms. The summed E-state index contributed by atoms with van der Waals surface area (Å²) in [6.07, 6.45) is 5.33. The minimum Gasteiger partial charge on any atom is -0.325 e. The summed E-state index contributed by atoms with van der Waals surface area (Å²) in [7, 11) is 0. The molecular weight excluding hydrogens is 142 g/mol. The molecule has 2 N–H and O–H groups in total. The molecule has 2 unspecified atom stereocenters. The normalized spacial score (nSPS) is 53.4. The smallest absolute Gasteiger partial charge is 0.0146 e. The van der Waals surface area contributed by atoms with Crippen LogP contribution in [0.5, 0.6) is 0 Å². The van der Waals surface area contributed by atoms with Gasteiger partial charge < -0.3 is 5.73 Å². The first-order valence-electron chi connectivity index (χ1n) is 4.10. The van der Waals surface area contributed by atoms with Crippen molar-refractivity contribution < 1.29 is 0 Å². The SMILES string of the molecule is CC1(N)CC2CCC(C1)S2. The molecule has 0 radical (unpaired) electrons. The van der Waals surface area contributed by atoms with Crippen LogP contribution in [0.4, 0.5) is 0 Å². The van der Waals surface area contributed by atoms with Gasteiger partial charge in [-0.05, 0) is 32.6 Å². The van der Waals surface area contributed by atoms with Gasteiger partial charge >= 0.3 is 0 Å². The Morgan fingerprint density at radius 2 is 1.80 bits per heavy atom. The zero-order valence-corrected chi connectivity index (χ0v) is 7.29. The highest BCUT2D eigenvalue weighted by atomic mass is 32.2. The summed E-state index contributed by atoms with van der Waals surface area (Å²) < 4.78 is 0. The molecule has 1 nitrogen and oxygen atoms in total. The number of thioether (sulfide) groups is 1. The average Bonchev–Trinajstić information content (AvgIpc) is 2.08. The summed E-state index contributed by atoms with van der Waals surface area (Å²) in [6, 6.07) is 0. The van der Waals surface area contributed by atoms with E-state index in [2.05, 4.69) is 18.7 Å². The van der Waals surface area contributed by atoms with Gasteiger partial charge in [0.25, 0.3) is 0 Å². The Hall–Kier alpha value is 0.310. The van der Waals surface area contributed by atoms with Crippen molar-refractivity contribution in [2.45, 2.75) is 48.6 Å². The fourth-order valence-corrected chi connectivity index (χ4v) is 4.25. The van der Waals surface area contributed by atoms with Crippen LogP contribution >= 0.6 is 11.8 Å². The Bertz CT molecular complexity index is 130. The van der Waals surface area contributed by atoms with Gasteiger partial charge in [-0.2, -0.15) is 11.8 Å². The first-order chi connectivity index (χ1) is 4.66. The van der Waals surface area contributed by atoms with Crippen LogP contribution in [0.1, 0.15) is 32.6 Å². The van der Waals surface area contributed by atoms with Crippen molar-refractivity contribution in [3.05, 3.63) is 0 Å². The van der Waals surface area contributed by atoms with Crippen LogP contribution in [0.3, 0.4) is 0 Å². The van der Waals surface area contributed by atoms with Crippen molar-refractivity contribution in [1.29, 1.82) is 0 Å². The number of fused-ring (bicyclic) bond motifs is 2. The predicted octanol–water partition coefficient (Wildman–Crippen LogP) is 1.76. The lowest BCUT2D eigenvalue weighted by Gasteiger charge is -2.33. The molecule has 2 atom stereocenters. The van der Waals surface area contributed by atoms with Gasteiger partial charge in [0, 0.05) is 16.0 Å². The van der Waals surface area contributed by atoms with Gasteiger partial charge in [-0.1, -0.05) is 0 Å². The maximum Gasteiger partial charge on any atom is 0.0146 e. The van der Waals surface area contributed by atoms with E-state index in [1.807, 2.05) is 0 Å². The van der Waals surface area contributed by atoms with Crippen molar-refractivity contribution in [2.24, 2.45) is 5.73 Å². The van der Waals surface area contributed by atoms with E-state index in [-0.39, 0.29) is 5.54 Å². The summed E-state index contributed by atoms with van der Waals surface area (Å²) in [4.78, 5) is 0. The second-order valence-corrected chi connectivity index (χ2v) is 5.63. The summed E-state index contributed by atoms with van der Waals surface area (Å²) in [6.45, 7) is 2.21. The van der Waals surface area contributed by atoms with Crippen LogP contribution < -0.4 is 5.73 Å². The molecule has 0 aliphatic carbocycles. The highest BCUT2D eigenvalue weighted by molar-refractivity contribution is 8.00. The second-order valence-electron chi connectivity index (χ2n) is 4.02. The summed E-state index contributed by atoms with van der Waals surface area (Å²) in [5, 5.41) is 1.79. The van der Waals surface area contributed by atoms with Crippen molar-refractivity contribution >= 4 is 11.8 Å². The number of hydrogen-bond acceptors (Lipinski definition) is 2. The van der Waals surface area contributed by atoms with Gasteiger partial charge in [0.15, 0.2) is 0 Å². The third-order valence-electron chi connectivity index (χ3n) is 2.58. The molecule has 2 rings (SSSR count). The molecule has 58 valence electrons. The van der Waals surface area contributed by atoms with Gasteiger partial charge in [-0.15, -0.1) is 0 Å². The molecule has 0 aromatic heterocycles. The van der Waals surface area contributed by atoms with E-state index in [1.165, 1.54) is 25.7 Å².